The Morgan fingerprint density at radius 3 is 1.97 bits per heavy atom. The zero-order chi connectivity index (χ0) is 26.0. The Morgan fingerprint density at radius 1 is 0.865 bits per heavy atom. The summed E-state index contributed by atoms with van der Waals surface area (Å²) in [6.07, 6.45) is 0.881. The molecule has 0 atom stereocenters. The predicted octanol–water partition coefficient (Wildman–Crippen LogP) is 5.02. The van der Waals surface area contributed by atoms with Gasteiger partial charge in [0.2, 0.25) is 5.91 Å². The van der Waals surface area contributed by atoms with Gasteiger partial charge in [0.05, 0.1) is 12.5 Å². The predicted molar refractivity (Wildman–Crippen MR) is 140 cm³/mol. The van der Waals surface area contributed by atoms with Crippen molar-refractivity contribution < 1.29 is 23.9 Å². The molecule has 0 spiro atoms. The van der Waals surface area contributed by atoms with Crippen molar-refractivity contribution in [2.45, 2.75) is 25.7 Å². The van der Waals surface area contributed by atoms with Crippen molar-refractivity contribution >= 4 is 18.0 Å². The summed E-state index contributed by atoms with van der Waals surface area (Å²) in [5.74, 6) is 0.219. The fraction of sp³-hybridized carbons (Fsp3) is 0.300. The first-order valence-electron chi connectivity index (χ1n) is 12.7. The van der Waals surface area contributed by atoms with Gasteiger partial charge in [0.1, 0.15) is 5.75 Å². The molecular weight excluding hydrogens is 468 g/mol. The Labute approximate surface area is 217 Å². The molecule has 37 heavy (non-hydrogen) atoms. The molecule has 1 aliphatic rings. The van der Waals surface area contributed by atoms with E-state index in [2.05, 4.69) is 5.32 Å². The second-order valence-corrected chi connectivity index (χ2v) is 9.04. The lowest BCUT2D eigenvalue weighted by Crippen LogP contribution is -2.43. The zero-order valence-corrected chi connectivity index (χ0v) is 21.0. The van der Waals surface area contributed by atoms with Crippen LogP contribution in [0.1, 0.15) is 47.2 Å². The summed E-state index contributed by atoms with van der Waals surface area (Å²) in [5.41, 5.74) is 2.47. The van der Waals surface area contributed by atoms with E-state index in [-0.39, 0.29) is 24.3 Å². The fourth-order valence-electron chi connectivity index (χ4n) is 4.57. The monoisotopic (exact) mass is 500 g/mol. The van der Waals surface area contributed by atoms with Crippen LogP contribution in [0.2, 0.25) is 0 Å². The maximum Gasteiger partial charge on any atom is 0.513 e. The van der Waals surface area contributed by atoms with Gasteiger partial charge in [0.15, 0.2) is 0 Å². The van der Waals surface area contributed by atoms with Crippen LogP contribution in [-0.4, -0.2) is 49.1 Å². The number of ether oxygens (including phenoxy) is 2. The minimum Gasteiger partial charge on any atom is -0.434 e. The molecule has 4 rings (SSSR count). The van der Waals surface area contributed by atoms with E-state index in [1.165, 1.54) is 0 Å². The van der Waals surface area contributed by atoms with Crippen molar-refractivity contribution in [3.05, 3.63) is 102 Å². The van der Waals surface area contributed by atoms with E-state index < -0.39 is 6.16 Å². The number of amides is 2. The third kappa shape index (κ3) is 6.97. The van der Waals surface area contributed by atoms with Gasteiger partial charge in [-0.2, -0.15) is 0 Å². The molecule has 7 heteroatoms. The maximum absolute atomic E-state index is 13.6. The van der Waals surface area contributed by atoms with Gasteiger partial charge >= 0.3 is 6.16 Å². The molecular formula is C30H32N2O5. The molecule has 1 N–H and O–H groups in total. The van der Waals surface area contributed by atoms with Crippen molar-refractivity contribution in [2.24, 2.45) is 5.92 Å². The van der Waals surface area contributed by atoms with E-state index in [4.69, 9.17) is 9.47 Å². The van der Waals surface area contributed by atoms with Gasteiger partial charge in [-0.05, 0) is 61.1 Å². The van der Waals surface area contributed by atoms with Crippen LogP contribution >= 0.6 is 0 Å². The van der Waals surface area contributed by atoms with E-state index in [0.29, 0.717) is 36.9 Å². The van der Waals surface area contributed by atoms with Gasteiger partial charge in [-0.3, -0.25) is 9.59 Å². The molecule has 0 saturated carbocycles. The minimum atomic E-state index is -0.775. The number of piperidine rings is 1. The van der Waals surface area contributed by atoms with Crippen molar-refractivity contribution in [2.75, 3.05) is 26.2 Å². The molecule has 0 bridgehead atoms. The molecule has 3 aromatic carbocycles. The standard InChI is InChI=1S/C30H32N2O5/c1-2-36-30(35)37-26-15-13-25(14-16-26)28(33)31-21-22-17-19-32(20-18-22)29(34)27(23-9-5-3-6-10-23)24-11-7-4-8-12-24/h3-16,22,27H,2,17-21H2,1H3,(H,31,33). The number of hydrogen-bond acceptors (Lipinski definition) is 5. The highest BCUT2D eigenvalue weighted by Crippen LogP contribution is 2.29. The minimum absolute atomic E-state index is 0.116. The number of nitrogens with zero attached hydrogens (tertiary/aromatic N) is 1. The molecule has 1 fully saturated rings. The summed E-state index contributed by atoms with van der Waals surface area (Å²) in [6.45, 7) is 3.79. The number of nitrogens with one attached hydrogen (secondary N) is 1. The third-order valence-corrected chi connectivity index (χ3v) is 6.57. The van der Waals surface area contributed by atoms with Gasteiger partial charge in [-0.1, -0.05) is 60.7 Å². The van der Waals surface area contributed by atoms with Crippen LogP contribution in [0.25, 0.3) is 0 Å². The van der Waals surface area contributed by atoms with E-state index in [0.717, 1.165) is 24.0 Å². The molecule has 1 aliphatic heterocycles. The van der Waals surface area contributed by atoms with Gasteiger partial charge in [-0.25, -0.2) is 4.79 Å². The average molecular weight is 501 g/mol. The van der Waals surface area contributed by atoms with Crippen molar-refractivity contribution in [1.29, 1.82) is 0 Å². The largest absolute Gasteiger partial charge is 0.513 e. The van der Waals surface area contributed by atoms with Crippen LogP contribution in [0.15, 0.2) is 84.9 Å². The van der Waals surface area contributed by atoms with Crippen LogP contribution in [0.3, 0.4) is 0 Å². The van der Waals surface area contributed by atoms with Gasteiger partial charge < -0.3 is 19.7 Å². The summed E-state index contributed by atoms with van der Waals surface area (Å²) < 4.78 is 9.77. The van der Waals surface area contributed by atoms with Crippen molar-refractivity contribution in [3.63, 3.8) is 0 Å². The van der Waals surface area contributed by atoms with Crippen LogP contribution < -0.4 is 10.1 Å². The second-order valence-electron chi connectivity index (χ2n) is 9.04. The molecule has 7 nitrogen and oxygen atoms in total. The lowest BCUT2D eigenvalue weighted by atomic mass is 9.88. The molecule has 1 saturated heterocycles. The lowest BCUT2D eigenvalue weighted by molar-refractivity contribution is -0.133. The number of carbonyl (C=O) groups is 3. The van der Waals surface area contributed by atoms with Gasteiger partial charge in [0, 0.05) is 25.2 Å². The van der Waals surface area contributed by atoms with Crippen LogP contribution in [0, 0.1) is 5.92 Å². The highest BCUT2D eigenvalue weighted by Gasteiger charge is 2.30. The number of benzene rings is 3. The van der Waals surface area contributed by atoms with Crippen LogP contribution in [-0.2, 0) is 9.53 Å². The summed E-state index contributed by atoms with van der Waals surface area (Å²) in [6, 6.07) is 26.2. The Kier molecular flexibility index (Phi) is 8.92. The SMILES string of the molecule is CCOC(=O)Oc1ccc(C(=O)NCC2CCN(C(=O)C(c3ccccc3)c3ccccc3)CC2)cc1. The molecule has 1 heterocycles. The van der Waals surface area contributed by atoms with Gasteiger partial charge in [-0.15, -0.1) is 0 Å². The zero-order valence-electron chi connectivity index (χ0n) is 21.0. The number of rotatable bonds is 8. The summed E-state index contributed by atoms with van der Waals surface area (Å²) in [4.78, 5) is 39.6. The van der Waals surface area contributed by atoms with E-state index in [9.17, 15) is 14.4 Å². The molecule has 0 aromatic heterocycles. The highest BCUT2D eigenvalue weighted by atomic mass is 16.7. The Morgan fingerprint density at radius 2 is 1.43 bits per heavy atom. The normalized spacial score (nSPS) is 13.7. The summed E-state index contributed by atoms with van der Waals surface area (Å²) >= 11 is 0. The lowest BCUT2D eigenvalue weighted by Gasteiger charge is -2.34. The van der Waals surface area contributed by atoms with E-state index in [1.54, 1.807) is 31.2 Å². The van der Waals surface area contributed by atoms with Crippen molar-refractivity contribution in [1.82, 2.24) is 10.2 Å². The Balaban J connectivity index is 1.29. The number of hydrogen-bond donors (Lipinski definition) is 1. The maximum atomic E-state index is 13.6. The van der Waals surface area contributed by atoms with E-state index in [1.807, 2.05) is 65.6 Å². The number of likely N-dealkylation sites (tertiary alicyclic amines) is 1. The summed E-state index contributed by atoms with van der Waals surface area (Å²) in [7, 11) is 0. The first-order valence-corrected chi connectivity index (χ1v) is 12.7. The van der Waals surface area contributed by atoms with Crippen LogP contribution in [0.5, 0.6) is 5.75 Å². The fourth-order valence-corrected chi connectivity index (χ4v) is 4.57. The molecule has 0 unspecified atom stereocenters. The molecule has 192 valence electrons. The average Bonchev–Trinajstić information content (AvgIpc) is 2.94. The van der Waals surface area contributed by atoms with Crippen molar-refractivity contribution in [3.8, 4) is 5.75 Å². The van der Waals surface area contributed by atoms with Crippen LogP contribution in [0.4, 0.5) is 4.79 Å². The molecule has 3 aromatic rings. The second kappa shape index (κ2) is 12.7. The summed E-state index contributed by atoms with van der Waals surface area (Å²) in [5, 5.41) is 2.99. The quantitative estimate of drug-likeness (QED) is 0.347. The molecule has 0 radical (unpaired) electrons. The molecule has 2 amide bonds. The first kappa shape index (κ1) is 25.9. The van der Waals surface area contributed by atoms with Gasteiger partial charge in [0.25, 0.3) is 5.91 Å². The smallest absolute Gasteiger partial charge is 0.434 e. The molecule has 0 aliphatic carbocycles. The first-order chi connectivity index (χ1) is 18.0. The highest BCUT2D eigenvalue weighted by molar-refractivity contribution is 5.94. The third-order valence-electron chi connectivity index (χ3n) is 6.57. The topological polar surface area (TPSA) is 84.9 Å². The Hall–Kier alpha value is -4.13. The van der Waals surface area contributed by atoms with E-state index >= 15 is 0 Å². The Bertz CT molecular complexity index is 1130. The number of carbonyl (C=O) groups excluding carboxylic acids is 3.